The third kappa shape index (κ3) is 4.82. The number of nitrogens with one attached hydrogen (secondary N) is 1. The van der Waals surface area contributed by atoms with Crippen molar-refractivity contribution >= 4 is 11.8 Å². The number of carbonyl (C=O) groups excluding carboxylic acids is 2. The Hall–Kier alpha value is -3.48. The number of amides is 2. The van der Waals surface area contributed by atoms with Gasteiger partial charge in [0.2, 0.25) is 5.91 Å². The molecule has 0 bridgehead atoms. The number of hydrogen-bond acceptors (Lipinski definition) is 5. The van der Waals surface area contributed by atoms with Gasteiger partial charge in [0.1, 0.15) is 22.7 Å². The Balaban J connectivity index is 1.65. The van der Waals surface area contributed by atoms with Crippen molar-refractivity contribution in [3.8, 4) is 11.3 Å². The molecular formula is C26H30N4O3. The molecule has 1 N–H and O–H groups in total. The van der Waals surface area contributed by atoms with E-state index in [1.165, 1.54) is 0 Å². The lowest BCUT2D eigenvalue weighted by molar-refractivity contribution is -0.131. The van der Waals surface area contributed by atoms with Gasteiger partial charge in [0, 0.05) is 37.3 Å². The van der Waals surface area contributed by atoms with Crippen LogP contribution in [0.4, 0.5) is 0 Å². The van der Waals surface area contributed by atoms with Gasteiger partial charge >= 0.3 is 0 Å². The molecule has 1 aromatic carbocycles. The maximum atomic E-state index is 13.5. The summed E-state index contributed by atoms with van der Waals surface area (Å²) in [6.07, 6.45) is 3.13. The molecule has 1 unspecified atom stereocenters. The smallest absolute Gasteiger partial charge is 0.273 e. The van der Waals surface area contributed by atoms with Crippen molar-refractivity contribution in [3.63, 3.8) is 0 Å². The molecule has 3 heterocycles. The van der Waals surface area contributed by atoms with Crippen LogP contribution in [-0.2, 0) is 11.2 Å². The monoisotopic (exact) mass is 446 g/mol. The molecule has 0 saturated carbocycles. The van der Waals surface area contributed by atoms with Crippen LogP contribution in [0.2, 0.25) is 0 Å². The van der Waals surface area contributed by atoms with E-state index in [2.05, 4.69) is 15.5 Å². The van der Waals surface area contributed by atoms with Gasteiger partial charge in [-0.05, 0) is 37.8 Å². The van der Waals surface area contributed by atoms with Crippen LogP contribution in [-0.4, -0.2) is 45.5 Å². The standard InChI is InChI=1S/C26H30N4O3/c1-18(2)17-28-25(32)26(12-6-14-30(26)24(31)22-7-4-5-13-27-22)16-21-15-23(29-33-21)20-10-8-19(3)9-11-20/h4-5,7-11,13,15,18H,6,12,14,16-17H2,1-3H3,(H,28,32). The minimum absolute atomic E-state index is 0.161. The molecular weight excluding hydrogens is 416 g/mol. The Bertz CT molecular complexity index is 1110. The zero-order valence-corrected chi connectivity index (χ0v) is 19.4. The molecule has 33 heavy (non-hydrogen) atoms. The van der Waals surface area contributed by atoms with Crippen molar-refractivity contribution in [2.75, 3.05) is 13.1 Å². The van der Waals surface area contributed by atoms with E-state index in [0.717, 1.165) is 17.5 Å². The first kappa shape index (κ1) is 22.7. The summed E-state index contributed by atoms with van der Waals surface area (Å²) < 4.78 is 5.66. The molecule has 1 saturated heterocycles. The summed E-state index contributed by atoms with van der Waals surface area (Å²) in [7, 11) is 0. The van der Waals surface area contributed by atoms with Crippen LogP contribution in [0, 0.1) is 12.8 Å². The van der Waals surface area contributed by atoms with Crippen molar-refractivity contribution in [3.05, 3.63) is 71.7 Å². The lowest BCUT2D eigenvalue weighted by Crippen LogP contribution is -2.59. The fraction of sp³-hybridized carbons (Fsp3) is 0.385. The molecule has 1 atom stereocenters. The molecule has 0 radical (unpaired) electrons. The first-order valence-electron chi connectivity index (χ1n) is 11.4. The average Bonchev–Trinajstić information content (AvgIpc) is 3.46. The molecule has 1 aliphatic rings. The highest BCUT2D eigenvalue weighted by Crippen LogP contribution is 2.35. The molecule has 4 rings (SSSR count). The lowest BCUT2D eigenvalue weighted by Gasteiger charge is -2.36. The molecule has 2 aromatic heterocycles. The summed E-state index contributed by atoms with van der Waals surface area (Å²) in [6, 6.07) is 15.1. The summed E-state index contributed by atoms with van der Waals surface area (Å²) in [6.45, 7) is 7.15. The van der Waals surface area contributed by atoms with Gasteiger partial charge in [-0.15, -0.1) is 0 Å². The Labute approximate surface area is 194 Å². The topological polar surface area (TPSA) is 88.3 Å². The predicted molar refractivity (Wildman–Crippen MR) is 125 cm³/mol. The summed E-state index contributed by atoms with van der Waals surface area (Å²) >= 11 is 0. The van der Waals surface area contributed by atoms with Crippen LogP contribution in [0.15, 0.2) is 59.3 Å². The summed E-state index contributed by atoms with van der Waals surface area (Å²) in [5.41, 5.74) is 2.11. The highest BCUT2D eigenvalue weighted by molar-refractivity contribution is 5.98. The van der Waals surface area contributed by atoms with E-state index >= 15 is 0 Å². The summed E-state index contributed by atoms with van der Waals surface area (Å²) in [5.74, 6) is 0.467. The number of aryl methyl sites for hydroxylation is 1. The van der Waals surface area contributed by atoms with E-state index < -0.39 is 5.54 Å². The zero-order chi connectivity index (χ0) is 23.4. The molecule has 7 heteroatoms. The first-order valence-corrected chi connectivity index (χ1v) is 11.4. The normalized spacial score (nSPS) is 18.0. The third-order valence-corrected chi connectivity index (χ3v) is 6.08. The number of likely N-dealkylation sites (tertiary alicyclic amines) is 1. The number of carbonyl (C=O) groups is 2. The number of benzene rings is 1. The maximum absolute atomic E-state index is 13.5. The molecule has 0 spiro atoms. The second kappa shape index (κ2) is 9.57. The van der Waals surface area contributed by atoms with Crippen molar-refractivity contribution < 1.29 is 14.1 Å². The lowest BCUT2D eigenvalue weighted by atomic mass is 9.88. The average molecular weight is 447 g/mol. The Morgan fingerprint density at radius 2 is 1.97 bits per heavy atom. The number of hydrogen-bond donors (Lipinski definition) is 1. The summed E-state index contributed by atoms with van der Waals surface area (Å²) in [4.78, 5) is 32.8. The number of rotatable bonds is 7. The van der Waals surface area contributed by atoms with Crippen molar-refractivity contribution in [1.29, 1.82) is 0 Å². The fourth-order valence-electron chi connectivity index (χ4n) is 4.31. The Morgan fingerprint density at radius 1 is 1.18 bits per heavy atom. The number of aromatic nitrogens is 2. The third-order valence-electron chi connectivity index (χ3n) is 6.08. The highest BCUT2D eigenvalue weighted by atomic mass is 16.5. The van der Waals surface area contributed by atoms with Crippen LogP contribution >= 0.6 is 0 Å². The minimum atomic E-state index is -1.05. The summed E-state index contributed by atoms with van der Waals surface area (Å²) in [5, 5.41) is 7.28. The van der Waals surface area contributed by atoms with Crippen LogP contribution < -0.4 is 5.32 Å². The second-order valence-electron chi connectivity index (χ2n) is 9.13. The molecule has 2 amide bonds. The number of pyridine rings is 1. The quantitative estimate of drug-likeness (QED) is 0.592. The molecule has 1 aliphatic heterocycles. The van der Waals surface area contributed by atoms with E-state index in [0.29, 0.717) is 42.6 Å². The van der Waals surface area contributed by atoms with Crippen LogP contribution in [0.5, 0.6) is 0 Å². The SMILES string of the molecule is Cc1ccc(-c2cc(CC3(C(=O)NCC(C)C)CCCN3C(=O)c3ccccn3)on2)cc1. The van der Waals surface area contributed by atoms with Crippen LogP contribution in [0.25, 0.3) is 11.3 Å². The van der Waals surface area contributed by atoms with Gasteiger partial charge in [-0.1, -0.05) is 54.9 Å². The van der Waals surface area contributed by atoms with Gasteiger partial charge in [0.25, 0.3) is 5.91 Å². The van der Waals surface area contributed by atoms with Gasteiger partial charge in [-0.25, -0.2) is 0 Å². The second-order valence-corrected chi connectivity index (χ2v) is 9.13. The van der Waals surface area contributed by atoms with Gasteiger partial charge in [0.05, 0.1) is 0 Å². The van der Waals surface area contributed by atoms with Crippen molar-refractivity contribution in [2.45, 2.75) is 45.6 Å². The van der Waals surface area contributed by atoms with Crippen molar-refractivity contribution in [2.24, 2.45) is 5.92 Å². The predicted octanol–water partition coefficient (Wildman–Crippen LogP) is 4.03. The molecule has 0 aliphatic carbocycles. The zero-order valence-electron chi connectivity index (χ0n) is 19.4. The van der Waals surface area contributed by atoms with Gasteiger partial charge in [0.15, 0.2) is 0 Å². The molecule has 172 valence electrons. The van der Waals surface area contributed by atoms with Gasteiger partial charge < -0.3 is 14.7 Å². The minimum Gasteiger partial charge on any atom is -0.361 e. The van der Waals surface area contributed by atoms with E-state index in [-0.39, 0.29) is 18.2 Å². The largest absolute Gasteiger partial charge is 0.361 e. The molecule has 7 nitrogen and oxygen atoms in total. The molecule has 1 fully saturated rings. The van der Waals surface area contributed by atoms with Crippen LogP contribution in [0.3, 0.4) is 0 Å². The molecule has 3 aromatic rings. The highest BCUT2D eigenvalue weighted by Gasteiger charge is 2.50. The van der Waals surface area contributed by atoms with E-state index in [1.54, 1.807) is 29.3 Å². The van der Waals surface area contributed by atoms with E-state index in [4.69, 9.17) is 4.52 Å². The number of nitrogens with zero attached hydrogens (tertiary/aromatic N) is 3. The Kier molecular flexibility index (Phi) is 6.58. The fourth-order valence-corrected chi connectivity index (χ4v) is 4.31. The van der Waals surface area contributed by atoms with E-state index in [9.17, 15) is 9.59 Å². The van der Waals surface area contributed by atoms with Crippen LogP contribution in [0.1, 0.15) is 48.5 Å². The van der Waals surface area contributed by atoms with Gasteiger partial charge in [-0.3, -0.25) is 14.6 Å². The Morgan fingerprint density at radius 3 is 2.67 bits per heavy atom. The first-order chi connectivity index (χ1) is 15.9. The van der Waals surface area contributed by atoms with Crippen molar-refractivity contribution in [1.82, 2.24) is 20.4 Å². The maximum Gasteiger partial charge on any atom is 0.273 e. The van der Waals surface area contributed by atoms with E-state index in [1.807, 2.05) is 51.1 Å². The van der Waals surface area contributed by atoms with Gasteiger partial charge in [-0.2, -0.15) is 0 Å².